The van der Waals surface area contributed by atoms with Crippen LogP contribution < -0.4 is 9.47 Å². The maximum Gasteiger partial charge on any atom is 0.303 e. The van der Waals surface area contributed by atoms with Crippen molar-refractivity contribution in [3.05, 3.63) is 82.6 Å². The summed E-state index contributed by atoms with van der Waals surface area (Å²) >= 11 is 1.48. The number of rotatable bonds is 10. The molecule has 1 aromatic heterocycles. The summed E-state index contributed by atoms with van der Waals surface area (Å²) in [5.41, 5.74) is 3.63. The molecule has 1 aliphatic rings. The Kier molecular flexibility index (Phi) is 7.90. The van der Waals surface area contributed by atoms with Gasteiger partial charge in [0, 0.05) is 16.5 Å². The minimum absolute atomic E-state index is 0.0236. The fraction of sp³-hybridized carbons (Fsp3) is 0.344. The third-order valence-electron chi connectivity index (χ3n) is 7.12. The third-order valence-corrected chi connectivity index (χ3v) is 8.50. The lowest BCUT2D eigenvalue weighted by Crippen LogP contribution is -2.10. The Labute approximate surface area is 237 Å². The van der Waals surface area contributed by atoms with Crippen molar-refractivity contribution in [2.75, 3.05) is 7.11 Å². The summed E-state index contributed by atoms with van der Waals surface area (Å²) in [5.74, 6) is 0.497. The summed E-state index contributed by atoms with van der Waals surface area (Å²) < 4.78 is 26.6. The van der Waals surface area contributed by atoms with E-state index in [-0.39, 0.29) is 23.6 Å². The molecule has 1 unspecified atom stereocenters. The minimum Gasteiger partial charge on any atom is -0.497 e. The van der Waals surface area contributed by atoms with E-state index in [1.54, 1.807) is 19.2 Å². The zero-order valence-corrected chi connectivity index (χ0v) is 23.9. The third kappa shape index (κ3) is 6.33. The van der Waals surface area contributed by atoms with Crippen LogP contribution in [-0.2, 0) is 16.8 Å². The highest BCUT2D eigenvalue weighted by Crippen LogP contribution is 2.45. The molecule has 1 N–H and O–H groups in total. The lowest BCUT2D eigenvalue weighted by molar-refractivity contribution is -0.137. The van der Waals surface area contributed by atoms with Gasteiger partial charge in [-0.2, -0.15) is 0 Å². The second kappa shape index (κ2) is 11.4. The molecule has 1 saturated carbocycles. The Balaban J connectivity index is 1.46. The number of hydrogen-bond acceptors (Lipinski definition) is 6. The van der Waals surface area contributed by atoms with Gasteiger partial charge in [-0.15, -0.1) is 10.2 Å². The monoisotopic (exact) mass is 560 g/mol. The van der Waals surface area contributed by atoms with E-state index >= 15 is 4.39 Å². The van der Waals surface area contributed by atoms with Gasteiger partial charge in [0.15, 0.2) is 0 Å². The van der Waals surface area contributed by atoms with Gasteiger partial charge >= 0.3 is 5.97 Å². The Morgan fingerprint density at radius 1 is 1.02 bits per heavy atom. The second-order valence-corrected chi connectivity index (χ2v) is 12.3. The number of hydrogen-bond donors (Lipinski definition) is 1. The topological polar surface area (TPSA) is 81.5 Å². The Morgan fingerprint density at radius 2 is 1.77 bits per heavy atom. The molecule has 208 valence electrons. The van der Waals surface area contributed by atoms with E-state index < -0.39 is 5.97 Å². The van der Waals surface area contributed by atoms with Gasteiger partial charge in [-0.05, 0) is 77.8 Å². The molecule has 1 heterocycles. The SMILES string of the molecule is COc1ccc(F)c(-c2ccc(OCc3cccc(C(CC(=O)O)C4CC4)c3)cc2-c2nnc(C(C)(C)C)s2)c1. The van der Waals surface area contributed by atoms with Crippen molar-refractivity contribution in [1.82, 2.24) is 10.2 Å². The first kappa shape index (κ1) is 27.8. The van der Waals surface area contributed by atoms with Crippen LogP contribution in [0, 0.1) is 11.7 Å². The van der Waals surface area contributed by atoms with Crippen LogP contribution in [0.1, 0.15) is 62.1 Å². The van der Waals surface area contributed by atoms with Crippen LogP contribution >= 0.6 is 11.3 Å². The van der Waals surface area contributed by atoms with Crippen molar-refractivity contribution in [1.29, 1.82) is 0 Å². The molecule has 1 aliphatic carbocycles. The average Bonchev–Trinajstić information content (AvgIpc) is 3.64. The number of benzene rings is 3. The normalized spacial score (nSPS) is 14.1. The van der Waals surface area contributed by atoms with Crippen LogP contribution in [0.2, 0.25) is 0 Å². The molecule has 1 fully saturated rings. The maximum absolute atomic E-state index is 15.0. The van der Waals surface area contributed by atoms with Gasteiger partial charge in [-0.3, -0.25) is 4.79 Å². The van der Waals surface area contributed by atoms with Gasteiger partial charge in [0.25, 0.3) is 0 Å². The Hall–Kier alpha value is -3.78. The molecule has 0 aliphatic heterocycles. The number of halogens is 1. The largest absolute Gasteiger partial charge is 0.497 e. The number of carboxylic acid groups (broad SMARTS) is 1. The van der Waals surface area contributed by atoms with E-state index in [1.807, 2.05) is 42.5 Å². The molecule has 1 atom stereocenters. The van der Waals surface area contributed by atoms with Crippen LogP contribution in [0.3, 0.4) is 0 Å². The zero-order chi connectivity index (χ0) is 28.4. The molecule has 0 radical (unpaired) electrons. The van der Waals surface area contributed by atoms with Crippen LogP contribution in [0.5, 0.6) is 11.5 Å². The number of aliphatic carboxylic acids is 1. The van der Waals surface area contributed by atoms with Gasteiger partial charge in [0.1, 0.15) is 33.9 Å². The summed E-state index contributed by atoms with van der Waals surface area (Å²) in [6.07, 6.45) is 2.29. The molecule has 5 rings (SSSR count). The van der Waals surface area contributed by atoms with E-state index in [1.165, 1.54) is 17.4 Å². The van der Waals surface area contributed by atoms with Crippen LogP contribution in [0.25, 0.3) is 21.7 Å². The molecular formula is C32H33FN2O4S. The molecule has 0 bridgehead atoms. The van der Waals surface area contributed by atoms with Crippen LogP contribution in [0.15, 0.2) is 60.7 Å². The molecule has 8 heteroatoms. The molecule has 6 nitrogen and oxygen atoms in total. The summed E-state index contributed by atoms with van der Waals surface area (Å²) in [6, 6.07) is 18.2. The minimum atomic E-state index is -0.773. The van der Waals surface area contributed by atoms with E-state index in [4.69, 9.17) is 9.47 Å². The first-order chi connectivity index (χ1) is 19.1. The highest BCUT2D eigenvalue weighted by atomic mass is 32.1. The van der Waals surface area contributed by atoms with Crippen molar-refractivity contribution in [3.63, 3.8) is 0 Å². The van der Waals surface area contributed by atoms with Crippen LogP contribution in [0.4, 0.5) is 4.39 Å². The van der Waals surface area contributed by atoms with Gasteiger partial charge in [0.05, 0.1) is 13.5 Å². The van der Waals surface area contributed by atoms with E-state index in [0.717, 1.165) is 34.5 Å². The predicted molar refractivity (Wildman–Crippen MR) is 154 cm³/mol. The summed E-state index contributed by atoms with van der Waals surface area (Å²) in [7, 11) is 1.55. The highest BCUT2D eigenvalue weighted by molar-refractivity contribution is 7.14. The number of carbonyl (C=O) groups is 1. The summed E-state index contributed by atoms with van der Waals surface area (Å²) in [5, 5.41) is 19.8. The summed E-state index contributed by atoms with van der Waals surface area (Å²) in [6.45, 7) is 6.56. The smallest absolute Gasteiger partial charge is 0.303 e. The fourth-order valence-electron chi connectivity index (χ4n) is 4.82. The zero-order valence-electron chi connectivity index (χ0n) is 23.1. The molecule has 0 saturated heterocycles. The number of methoxy groups -OCH3 is 1. The van der Waals surface area contributed by atoms with Crippen molar-refractivity contribution in [2.24, 2.45) is 5.92 Å². The Bertz CT molecular complexity index is 1520. The van der Waals surface area contributed by atoms with Gasteiger partial charge in [0.2, 0.25) is 0 Å². The molecule has 3 aromatic carbocycles. The van der Waals surface area contributed by atoms with Gasteiger partial charge in [-0.1, -0.05) is 56.4 Å². The number of ether oxygens (including phenoxy) is 2. The molecule has 0 spiro atoms. The average molecular weight is 561 g/mol. The lowest BCUT2D eigenvalue weighted by atomic mass is 9.90. The van der Waals surface area contributed by atoms with Crippen molar-refractivity contribution in [3.8, 4) is 33.2 Å². The standard InChI is InChI=1S/C32H33FN2O4S/c1-32(2,3)31-35-34-30(40-31)27-16-23(10-12-24(27)26-15-22(38-4)11-13-28(26)33)39-18-19-6-5-7-21(14-19)25(17-29(36)37)20-8-9-20/h5-7,10-16,20,25H,8-9,17-18H2,1-4H3,(H,36,37). The first-order valence-corrected chi connectivity index (χ1v) is 14.2. The van der Waals surface area contributed by atoms with Crippen molar-refractivity contribution < 1.29 is 23.8 Å². The van der Waals surface area contributed by atoms with E-state index in [9.17, 15) is 9.90 Å². The number of nitrogens with zero attached hydrogens (tertiary/aromatic N) is 2. The quantitative estimate of drug-likeness (QED) is 0.213. The van der Waals surface area contributed by atoms with Gasteiger partial charge in [-0.25, -0.2) is 4.39 Å². The maximum atomic E-state index is 15.0. The number of carboxylic acids is 1. The molecular weight excluding hydrogens is 527 g/mol. The first-order valence-electron chi connectivity index (χ1n) is 13.4. The molecule has 40 heavy (non-hydrogen) atoms. The molecule has 4 aromatic rings. The predicted octanol–water partition coefficient (Wildman–Crippen LogP) is 7.86. The van der Waals surface area contributed by atoms with E-state index in [0.29, 0.717) is 40.2 Å². The highest BCUT2D eigenvalue weighted by Gasteiger charge is 2.33. The fourth-order valence-corrected chi connectivity index (χ4v) is 5.75. The van der Waals surface area contributed by atoms with Crippen LogP contribution in [-0.4, -0.2) is 28.4 Å². The lowest BCUT2D eigenvalue weighted by Gasteiger charge is -2.16. The van der Waals surface area contributed by atoms with Gasteiger partial charge < -0.3 is 14.6 Å². The molecule has 0 amide bonds. The van der Waals surface area contributed by atoms with Crippen molar-refractivity contribution in [2.45, 2.75) is 58.0 Å². The number of aromatic nitrogens is 2. The van der Waals surface area contributed by atoms with E-state index in [2.05, 4.69) is 31.0 Å². The Morgan fingerprint density at radius 3 is 2.45 bits per heavy atom. The second-order valence-electron chi connectivity index (χ2n) is 11.3. The summed E-state index contributed by atoms with van der Waals surface area (Å²) in [4.78, 5) is 11.4. The van der Waals surface area contributed by atoms with Crippen molar-refractivity contribution >= 4 is 17.3 Å².